The van der Waals surface area contributed by atoms with Crippen molar-refractivity contribution in [3.05, 3.63) is 58.8 Å². The van der Waals surface area contributed by atoms with Crippen molar-refractivity contribution in [3.63, 3.8) is 0 Å². The Bertz CT molecular complexity index is 1190. The first-order valence-corrected chi connectivity index (χ1v) is 11.0. The average Bonchev–Trinajstić information content (AvgIpc) is 2.95. The summed E-state index contributed by atoms with van der Waals surface area (Å²) in [5.74, 6) is -2.49. The summed E-state index contributed by atoms with van der Waals surface area (Å²) < 4.78 is 68.4. The molecule has 1 atom stereocenters. The van der Waals surface area contributed by atoms with Crippen LogP contribution in [0.4, 0.5) is 33.5 Å². The summed E-state index contributed by atoms with van der Waals surface area (Å²) in [4.78, 5) is 1.62. The maximum Gasteiger partial charge on any atom is 0.416 e. The highest BCUT2D eigenvalue weighted by Crippen LogP contribution is 2.36. The van der Waals surface area contributed by atoms with Gasteiger partial charge in [0.25, 0.3) is 5.92 Å². The highest BCUT2D eigenvalue weighted by Gasteiger charge is 2.34. The largest absolute Gasteiger partial charge is 0.416 e. The fourth-order valence-corrected chi connectivity index (χ4v) is 4.41. The van der Waals surface area contributed by atoms with E-state index in [9.17, 15) is 22.0 Å². The number of fused-ring (bicyclic) bond motifs is 1. The van der Waals surface area contributed by atoms with Crippen molar-refractivity contribution < 1.29 is 22.0 Å². The van der Waals surface area contributed by atoms with Crippen LogP contribution in [0.2, 0.25) is 0 Å². The van der Waals surface area contributed by atoms with Crippen molar-refractivity contribution in [1.29, 1.82) is 0 Å². The lowest BCUT2D eigenvalue weighted by Crippen LogP contribution is -2.38. The molecular formula is C24H26F5N5. The molecular weight excluding hydrogens is 453 g/mol. The van der Waals surface area contributed by atoms with Crippen LogP contribution in [-0.2, 0) is 6.18 Å². The van der Waals surface area contributed by atoms with Crippen LogP contribution in [0.25, 0.3) is 10.8 Å². The van der Waals surface area contributed by atoms with E-state index in [-0.39, 0.29) is 12.1 Å². The standard InChI is InChI=1S/C24H26F5N5/c1-14-18(5-4-6-21(14)24(27,28)29)15(2)31-22-20-11-17(7-8-19(20)16(3)32-33-22)34-10-9-30-12-23(25,26)13-34/h4-8,11,15,30H,9-10,12-13H2,1-3H3,(H,31,33). The maximum absolute atomic E-state index is 14.2. The molecule has 0 spiro atoms. The smallest absolute Gasteiger partial charge is 0.364 e. The van der Waals surface area contributed by atoms with Crippen LogP contribution in [0.5, 0.6) is 0 Å². The first kappa shape index (κ1) is 24.1. The van der Waals surface area contributed by atoms with Gasteiger partial charge in [0, 0.05) is 29.5 Å². The summed E-state index contributed by atoms with van der Waals surface area (Å²) in [7, 11) is 0. The molecule has 1 saturated heterocycles. The molecule has 5 nitrogen and oxygen atoms in total. The van der Waals surface area contributed by atoms with Crippen LogP contribution in [-0.4, -0.2) is 42.3 Å². The Kier molecular flexibility index (Phi) is 6.37. The number of alkyl halides is 5. The Hall–Kier alpha value is -3.01. The number of nitrogens with zero attached hydrogens (tertiary/aromatic N) is 3. The molecule has 0 radical (unpaired) electrons. The number of rotatable bonds is 4. The minimum Gasteiger partial charge on any atom is -0.364 e. The topological polar surface area (TPSA) is 53.1 Å². The first-order chi connectivity index (χ1) is 16.0. The summed E-state index contributed by atoms with van der Waals surface area (Å²) in [6, 6.07) is 8.96. The van der Waals surface area contributed by atoms with Crippen LogP contribution < -0.4 is 15.5 Å². The van der Waals surface area contributed by atoms with Gasteiger partial charge < -0.3 is 15.5 Å². The number of halogens is 5. The molecule has 0 aliphatic carbocycles. The Labute approximate surface area is 194 Å². The Morgan fingerprint density at radius 3 is 2.59 bits per heavy atom. The number of aryl methyl sites for hydroxylation is 1. The minimum atomic E-state index is -4.45. The normalized spacial score (nSPS) is 17.5. The lowest BCUT2D eigenvalue weighted by atomic mass is 9.97. The van der Waals surface area contributed by atoms with Gasteiger partial charge in [-0.15, -0.1) is 5.10 Å². The zero-order valence-corrected chi connectivity index (χ0v) is 19.1. The zero-order valence-electron chi connectivity index (χ0n) is 19.1. The lowest BCUT2D eigenvalue weighted by Gasteiger charge is -2.26. The molecule has 2 heterocycles. The first-order valence-electron chi connectivity index (χ1n) is 11.0. The molecule has 1 aliphatic rings. The van der Waals surface area contributed by atoms with Gasteiger partial charge in [0.15, 0.2) is 5.82 Å². The van der Waals surface area contributed by atoms with E-state index in [0.717, 1.165) is 11.5 Å². The van der Waals surface area contributed by atoms with E-state index in [0.29, 0.717) is 41.2 Å². The molecule has 4 rings (SSSR count). The van der Waals surface area contributed by atoms with Crippen LogP contribution in [0, 0.1) is 13.8 Å². The maximum atomic E-state index is 14.2. The van der Waals surface area contributed by atoms with Crippen LogP contribution in [0.3, 0.4) is 0 Å². The van der Waals surface area contributed by atoms with Gasteiger partial charge in [-0.25, -0.2) is 8.78 Å². The van der Waals surface area contributed by atoms with E-state index < -0.39 is 30.2 Å². The second-order valence-corrected chi connectivity index (χ2v) is 8.70. The third-order valence-electron chi connectivity index (χ3n) is 6.18. The SMILES string of the molecule is Cc1c(C(C)Nc2nnc(C)c3ccc(N4CCNCC(F)(F)C4)cc23)cccc1C(F)(F)F. The predicted octanol–water partition coefficient (Wildman–Crippen LogP) is 5.48. The average molecular weight is 479 g/mol. The number of benzene rings is 2. The van der Waals surface area contributed by atoms with E-state index >= 15 is 0 Å². The molecule has 0 bridgehead atoms. The van der Waals surface area contributed by atoms with Crippen molar-refractivity contribution >= 4 is 22.3 Å². The fourth-order valence-electron chi connectivity index (χ4n) is 4.41. The molecule has 2 aromatic carbocycles. The quantitative estimate of drug-likeness (QED) is 0.485. The van der Waals surface area contributed by atoms with Gasteiger partial charge in [-0.05, 0) is 50.1 Å². The molecule has 1 unspecified atom stereocenters. The highest BCUT2D eigenvalue weighted by atomic mass is 19.4. The van der Waals surface area contributed by atoms with E-state index in [4.69, 9.17) is 0 Å². The fraction of sp³-hybridized carbons (Fsp3) is 0.417. The third kappa shape index (κ3) is 4.91. The molecule has 2 N–H and O–H groups in total. The predicted molar refractivity (Wildman–Crippen MR) is 123 cm³/mol. The summed E-state index contributed by atoms with van der Waals surface area (Å²) in [5, 5.41) is 15.8. The second kappa shape index (κ2) is 8.98. The molecule has 1 aliphatic heterocycles. The molecule has 3 aromatic rings. The molecule has 0 saturated carbocycles. The van der Waals surface area contributed by atoms with E-state index in [1.807, 2.05) is 6.07 Å². The van der Waals surface area contributed by atoms with Crippen molar-refractivity contribution in [2.24, 2.45) is 0 Å². The van der Waals surface area contributed by atoms with E-state index in [2.05, 4.69) is 20.8 Å². The molecule has 1 fully saturated rings. The number of anilines is 2. The summed E-state index contributed by atoms with van der Waals surface area (Å²) in [6.45, 7) is 5.05. The summed E-state index contributed by atoms with van der Waals surface area (Å²) >= 11 is 0. The van der Waals surface area contributed by atoms with E-state index in [1.165, 1.54) is 13.0 Å². The monoisotopic (exact) mass is 479 g/mol. The molecule has 1 aromatic heterocycles. The second-order valence-electron chi connectivity index (χ2n) is 8.70. The minimum absolute atomic E-state index is 0.138. The van der Waals surface area contributed by atoms with Gasteiger partial charge >= 0.3 is 6.18 Å². The number of nitrogens with one attached hydrogen (secondary N) is 2. The number of aromatic nitrogens is 2. The van der Waals surface area contributed by atoms with Crippen LogP contribution in [0.15, 0.2) is 36.4 Å². The van der Waals surface area contributed by atoms with Gasteiger partial charge in [0.05, 0.1) is 30.4 Å². The van der Waals surface area contributed by atoms with Crippen LogP contribution in [0.1, 0.15) is 35.3 Å². The Balaban J connectivity index is 1.71. The summed E-state index contributed by atoms with van der Waals surface area (Å²) in [6.07, 6.45) is -4.45. The summed E-state index contributed by atoms with van der Waals surface area (Å²) in [5.41, 5.74) is 1.22. The zero-order chi connectivity index (χ0) is 24.7. The van der Waals surface area contributed by atoms with Gasteiger partial charge in [-0.1, -0.05) is 18.2 Å². The molecule has 10 heteroatoms. The number of hydrogen-bond acceptors (Lipinski definition) is 5. The van der Waals surface area contributed by atoms with E-state index in [1.54, 1.807) is 36.9 Å². The van der Waals surface area contributed by atoms with Crippen LogP contribution >= 0.6 is 0 Å². The molecule has 0 amide bonds. The number of hydrogen-bond donors (Lipinski definition) is 2. The Morgan fingerprint density at radius 2 is 1.85 bits per heavy atom. The van der Waals surface area contributed by atoms with Gasteiger partial charge in [-0.2, -0.15) is 18.3 Å². The van der Waals surface area contributed by atoms with Crippen molar-refractivity contribution in [1.82, 2.24) is 15.5 Å². The molecule has 182 valence electrons. The third-order valence-corrected chi connectivity index (χ3v) is 6.18. The molecule has 34 heavy (non-hydrogen) atoms. The van der Waals surface area contributed by atoms with Gasteiger partial charge in [0.1, 0.15) is 0 Å². The van der Waals surface area contributed by atoms with Crippen molar-refractivity contribution in [2.75, 3.05) is 36.4 Å². The highest BCUT2D eigenvalue weighted by molar-refractivity contribution is 5.95. The van der Waals surface area contributed by atoms with Crippen molar-refractivity contribution in [3.8, 4) is 0 Å². The Morgan fingerprint density at radius 1 is 1.09 bits per heavy atom. The van der Waals surface area contributed by atoms with Gasteiger partial charge in [0.2, 0.25) is 0 Å². The van der Waals surface area contributed by atoms with Crippen molar-refractivity contribution in [2.45, 2.75) is 38.9 Å². The van der Waals surface area contributed by atoms with Gasteiger partial charge in [-0.3, -0.25) is 0 Å². The lowest BCUT2D eigenvalue weighted by molar-refractivity contribution is -0.138.